The second-order valence-corrected chi connectivity index (χ2v) is 8.46. The van der Waals surface area contributed by atoms with Gasteiger partial charge in [-0.25, -0.2) is 4.98 Å². The number of aromatic nitrogens is 2. The molecule has 0 amide bonds. The molecule has 0 bridgehead atoms. The molecular weight excluding hydrogens is 376 g/mol. The maximum Gasteiger partial charge on any atom is 0.184 e. The van der Waals surface area contributed by atoms with Crippen molar-refractivity contribution >= 4 is 32.7 Å². The van der Waals surface area contributed by atoms with E-state index < -0.39 is 5.60 Å². The molecule has 0 saturated carbocycles. The van der Waals surface area contributed by atoms with E-state index in [-0.39, 0.29) is 11.5 Å². The molecule has 2 aromatic heterocycles. The van der Waals surface area contributed by atoms with E-state index in [0.29, 0.717) is 5.52 Å². The molecule has 5 heteroatoms. The van der Waals surface area contributed by atoms with Gasteiger partial charge in [-0.15, -0.1) is 0 Å². The average Bonchev–Trinajstić information content (AvgIpc) is 3.06. The predicted octanol–water partition coefficient (Wildman–Crippen LogP) is 5.65. The zero-order chi connectivity index (χ0) is 21.0. The minimum Gasteiger partial charge on any atom is -0.504 e. The first-order valence-electron chi connectivity index (χ1n) is 9.87. The first-order chi connectivity index (χ1) is 14.3. The van der Waals surface area contributed by atoms with Crippen molar-refractivity contribution in [3.05, 3.63) is 66.7 Å². The summed E-state index contributed by atoms with van der Waals surface area (Å²) in [5.74, 6) is -0.438. The summed E-state index contributed by atoms with van der Waals surface area (Å²) in [6.45, 7) is 5.98. The van der Waals surface area contributed by atoms with E-state index >= 15 is 0 Å². The van der Waals surface area contributed by atoms with Crippen LogP contribution in [-0.2, 0) is 0 Å². The average molecular weight is 398 g/mol. The highest BCUT2D eigenvalue weighted by Gasteiger charge is 2.22. The summed E-state index contributed by atoms with van der Waals surface area (Å²) < 4.78 is 1.80. The Balaban J connectivity index is 1.90. The highest BCUT2D eigenvalue weighted by Crippen LogP contribution is 2.42. The van der Waals surface area contributed by atoms with Crippen molar-refractivity contribution in [1.29, 1.82) is 0 Å². The van der Waals surface area contributed by atoms with Gasteiger partial charge in [0.05, 0.1) is 16.7 Å². The Morgan fingerprint density at radius 3 is 2.33 bits per heavy atom. The van der Waals surface area contributed by atoms with Crippen LogP contribution in [0.25, 0.3) is 44.0 Å². The summed E-state index contributed by atoms with van der Waals surface area (Å²) >= 11 is 0. The van der Waals surface area contributed by atoms with Crippen LogP contribution in [0.1, 0.15) is 20.8 Å². The molecule has 0 aliphatic rings. The fraction of sp³-hybridized carbons (Fsp3) is 0.160. The number of phenols is 2. The Labute approximate surface area is 173 Å². The number of rotatable bonds is 2. The van der Waals surface area contributed by atoms with Crippen LogP contribution in [0.15, 0.2) is 66.7 Å². The van der Waals surface area contributed by atoms with Gasteiger partial charge in [0.2, 0.25) is 0 Å². The number of phenolic OH excluding ortho intramolecular Hbond substituents is 2. The van der Waals surface area contributed by atoms with Gasteiger partial charge >= 0.3 is 0 Å². The van der Waals surface area contributed by atoms with Gasteiger partial charge in [-0.2, -0.15) is 4.73 Å². The summed E-state index contributed by atoms with van der Waals surface area (Å²) in [6, 6.07) is 21.3. The zero-order valence-corrected chi connectivity index (χ0v) is 17.0. The van der Waals surface area contributed by atoms with Gasteiger partial charge in [0.25, 0.3) is 0 Å². The summed E-state index contributed by atoms with van der Waals surface area (Å²) in [4.78, 5) is 10.9. The normalized spacial score (nSPS) is 12.1. The lowest BCUT2D eigenvalue weighted by Crippen LogP contribution is -2.31. The Morgan fingerprint density at radius 1 is 0.867 bits per heavy atom. The van der Waals surface area contributed by atoms with Gasteiger partial charge in [-0.1, -0.05) is 36.4 Å². The summed E-state index contributed by atoms with van der Waals surface area (Å²) in [7, 11) is 0. The molecule has 0 fully saturated rings. The lowest BCUT2D eigenvalue weighted by atomic mass is 10.0. The van der Waals surface area contributed by atoms with E-state index in [1.165, 1.54) is 0 Å². The standard InChI is InChI=1S/C25H22N2O3/c1-25(2,3)30-27-20-11-7-5-9-16(20)13-21(27)17-14-22(28)24(29)23-18(17)12-15-8-4-6-10-19(15)26-23/h4-14,28-29H,1-3H3. The van der Waals surface area contributed by atoms with E-state index in [1.54, 1.807) is 10.8 Å². The number of hydrogen-bond donors (Lipinski definition) is 2. The molecule has 2 N–H and O–H groups in total. The SMILES string of the molecule is CC(C)(C)On1c(-c2cc(O)c(O)c3nc4ccccc4cc23)cc2ccccc21. The van der Waals surface area contributed by atoms with E-state index in [0.717, 1.165) is 38.4 Å². The topological polar surface area (TPSA) is 67.5 Å². The fourth-order valence-electron chi connectivity index (χ4n) is 3.81. The third-order valence-electron chi connectivity index (χ3n) is 5.07. The predicted molar refractivity (Wildman–Crippen MR) is 120 cm³/mol. The molecule has 5 nitrogen and oxygen atoms in total. The quantitative estimate of drug-likeness (QED) is 0.298. The summed E-state index contributed by atoms with van der Waals surface area (Å²) in [5, 5.41) is 23.7. The van der Waals surface area contributed by atoms with Crippen LogP contribution in [0.4, 0.5) is 0 Å². The number of pyridine rings is 1. The van der Waals surface area contributed by atoms with E-state index in [1.807, 2.05) is 81.4 Å². The van der Waals surface area contributed by atoms with E-state index in [2.05, 4.69) is 4.98 Å². The third-order valence-corrected chi connectivity index (χ3v) is 5.07. The Bertz CT molecular complexity index is 1430. The fourth-order valence-corrected chi connectivity index (χ4v) is 3.81. The molecule has 0 radical (unpaired) electrons. The maximum atomic E-state index is 10.5. The Kier molecular flexibility index (Phi) is 3.90. The van der Waals surface area contributed by atoms with Crippen molar-refractivity contribution in [2.24, 2.45) is 0 Å². The smallest absolute Gasteiger partial charge is 0.184 e. The maximum absolute atomic E-state index is 10.5. The monoisotopic (exact) mass is 398 g/mol. The summed E-state index contributed by atoms with van der Waals surface area (Å²) in [6.07, 6.45) is 0. The Morgan fingerprint density at radius 2 is 1.57 bits per heavy atom. The minimum atomic E-state index is -0.434. The van der Waals surface area contributed by atoms with Crippen molar-refractivity contribution in [2.75, 3.05) is 0 Å². The number of nitrogens with zero attached hydrogens (tertiary/aromatic N) is 2. The Hall–Kier alpha value is -3.73. The highest BCUT2D eigenvalue weighted by molar-refractivity contribution is 6.05. The molecule has 0 aliphatic carbocycles. The van der Waals surface area contributed by atoms with E-state index in [4.69, 9.17) is 4.84 Å². The van der Waals surface area contributed by atoms with Crippen molar-refractivity contribution in [2.45, 2.75) is 26.4 Å². The molecule has 0 unspecified atom stereocenters. The third kappa shape index (κ3) is 2.90. The van der Waals surface area contributed by atoms with Crippen molar-refractivity contribution in [3.63, 3.8) is 0 Å². The molecule has 30 heavy (non-hydrogen) atoms. The van der Waals surface area contributed by atoms with Crippen molar-refractivity contribution in [1.82, 2.24) is 9.71 Å². The molecule has 2 heterocycles. The molecule has 0 saturated heterocycles. The molecule has 0 aliphatic heterocycles. The lowest BCUT2D eigenvalue weighted by Gasteiger charge is -2.24. The zero-order valence-electron chi connectivity index (χ0n) is 17.0. The first kappa shape index (κ1) is 18.3. The molecule has 5 aromatic rings. The number of aromatic hydroxyl groups is 2. The van der Waals surface area contributed by atoms with Gasteiger partial charge in [0.15, 0.2) is 11.5 Å². The van der Waals surface area contributed by atoms with Crippen LogP contribution < -0.4 is 4.84 Å². The molecule has 0 atom stereocenters. The second-order valence-electron chi connectivity index (χ2n) is 8.46. The van der Waals surface area contributed by atoms with Gasteiger partial charge in [-0.3, -0.25) is 0 Å². The van der Waals surface area contributed by atoms with Crippen LogP contribution in [0.5, 0.6) is 11.5 Å². The van der Waals surface area contributed by atoms with Crippen molar-refractivity contribution in [3.8, 4) is 22.8 Å². The largest absolute Gasteiger partial charge is 0.504 e. The van der Waals surface area contributed by atoms with Crippen LogP contribution >= 0.6 is 0 Å². The van der Waals surface area contributed by atoms with Crippen LogP contribution in [0.3, 0.4) is 0 Å². The van der Waals surface area contributed by atoms with Gasteiger partial charge in [0, 0.05) is 21.7 Å². The second kappa shape index (κ2) is 6.39. The highest BCUT2D eigenvalue weighted by atomic mass is 16.7. The molecule has 150 valence electrons. The molecule has 0 spiro atoms. The number of benzene rings is 3. The number of para-hydroxylation sites is 2. The summed E-state index contributed by atoms with van der Waals surface area (Å²) in [5.41, 5.74) is 3.12. The van der Waals surface area contributed by atoms with Gasteiger partial charge in [-0.05, 0) is 51.1 Å². The van der Waals surface area contributed by atoms with Gasteiger partial charge < -0.3 is 15.1 Å². The van der Waals surface area contributed by atoms with Gasteiger partial charge in [0.1, 0.15) is 11.1 Å². The molecule has 3 aromatic carbocycles. The minimum absolute atomic E-state index is 0.215. The van der Waals surface area contributed by atoms with Crippen LogP contribution in [-0.4, -0.2) is 25.5 Å². The van der Waals surface area contributed by atoms with Crippen molar-refractivity contribution < 1.29 is 15.1 Å². The molecule has 5 rings (SSSR count). The first-order valence-corrected chi connectivity index (χ1v) is 9.87. The molecular formula is C25H22N2O3. The van der Waals surface area contributed by atoms with E-state index in [9.17, 15) is 10.2 Å². The number of hydrogen-bond acceptors (Lipinski definition) is 4. The number of fused-ring (bicyclic) bond motifs is 3. The van der Waals surface area contributed by atoms with Crippen LogP contribution in [0, 0.1) is 0 Å². The lowest BCUT2D eigenvalue weighted by molar-refractivity contribution is -0.00568. The van der Waals surface area contributed by atoms with Crippen LogP contribution in [0.2, 0.25) is 0 Å².